The number of fused-ring (bicyclic) bond motifs is 2. The number of amides is 2. The number of unbranched alkanes of at least 4 members (excludes halogenated alkanes) is 3. The van der Waals surface area contributed by atoms with Crippen LogP contribution in [0.25, 0.3) is 21.9 Å². The monoisotopic (exact) mass is 760 g/mol. The number of carbonyl (C=O) groups excluding carboxylic acids is 2. The predicted molar refractivity (Wildman–Crippen MR) is 218 cm³/mol. The Morgan fingerprint density at radius 3 is 1.41 bits per heavy atom. The molecule has 0 fully saturated rings. The number of carbonyl (C=O) groups is 2. The molecule has 2 heterocycles. The van der Waals surface area contributed by atoms with Gasteiger partial charge in [-0.2, -0.15) is 0 Å². The van der Waals surface area contributed by atoms with E-state index in [9.17, 15) is 9.59 Å². The zero-order valence-corrected chi connectivity index (χ0v) is 32.8. The lowest BCUT2D eigenvalue weighted by atomic mass is 10.0. The summed E-state index contributed by atoms with van der Waals surface area (Å²) in [6.45, 7) is 5.32. The van der Waals surface area contributed by atoms with Crippen LogP contribution in [0.1, 0.15) is 73.3 Å². The molecule has 0 unspecified atom stereocenters. The third-order valence-electron chi connectivity index (χ3n) is 9.76. The van der Waals surface area contributed by atoms with Gasteiger partial charge in [0.05, 0.1) is 27.4 Å². The van der Waals surface area contributed by atoms with Crippen molar-refractivity contribution in [3.8, 4) is 23.0 Å². The fourth-order valence-corrected chi connectivity index (χ4v) is 6.97. The van der Waals surface area contributed by atoms with Gasteiger partial charge in [-0.3, -0.25) is 9.59 Å². The van der Waals surface area contributed by atoms with Gasteiger partial charge in [-0.1, -0.05) is 24.3 Å². The maximum absolute atomic E-state index is 11.6. The van der Waals surface area contributed by atoms with Crippen molar-refractivity contribution in [1.29, 1.82) is 0 Å². The lowest BCUT2D eigenvalue weighted by molar-refractivity contribution is -0.119. The predicted octanol–water partition coefficient (Wildman–Crippen LogP) is 8.75. The van der Waals surface area contributed by atoms with Crippen LogP contribution < -0.4 is 29.6 Å². The molecule has 2 amide bonds. The largest absolute Gasteiger partial charge is 0.497 e. The van der Waals surface area contributed by atoms with Crippen molar-refractivity contribution in [3.05, 3.63) is 119 Å². The van der Waals surface area contributed by atoms with Gasteiger partial charge in [0.2, 0.25) is 11.8 Å². The van der Waals surface area contributed by atoms with Crippen molar-refractivity contribution in [2.24, 2.45) is 0 Å². The van der Waals surface area contributed by atoms with E-state index in [2.05, 4.69) is 34.9 Å². The van der Waals surface area contributed by atoms with E-state index < -0.39 is 0 Å². The normalized spacial score (nSPS) is 11.1. The molecule has 6 aromatic rings. The van der Waals surface area contributed by atoms with E-state index >= 15 is 0 Å². The molecule has 0 spiro atoms. The first-order chi connectivity index (χ1) is 27.3. The number of hydrogen-bond acceptors (Lipinski definition) is 8. The van der Waals surface area contributed by atoms with Gasteiger partial charge in [-0.05, 0) is 110 Å². The molecule has 0 atom stereocenters. The molecular weight excluding hydrogens is 709 g/mol. The summed E-state index contributed by atoms with van der Waals surface area (Å²) in [6.07, 6.45) is 6.43. The topological polar surface area (TPSA) is 121 Å². The summed E-state index contributed by atoms with van der Waals surface area (Å²) in [5, 5.41) is 7.84. The Morgan fingerprint density at radius 2 is 1.00 bits per heavy atom. The average molecular weight is 761 g/mol. The number of ether oxygens (including phenoxy) is 4. The third-order valence-corrected chi connectivity index (χ3v) is 9.76. The van der Waals surface area contributed by atoms with Crippen molar-refractivity contribution in [1.82, 2.24) is 10.6 Å². The smallest absolute Gasteiger partial charge is 0.216 e. The summed E-state index contributed by atoms with van der Waals surface area (Å²) in [5.41, 5.74) is 5.92. The van der Waals surface area contributed by atoms with E-state index in [1.165, 1.54) is 13.8 Å². The maximum atomic E-state index is 11.6. The van der Waals surface area contributed by atoms with Crippen LogP contribution in [0.2, 0.25) is 0 Å². The molecule has 56 heavy (non-hydrogen) atoms. The van der Waals surface area contributed by atoms with E-state index in [4.69, 9.17) is 27.8 Å². The van der Waals surface area contributed by atoms with Crippen LogP contribution in [0.5, 0.6) is 23.0 Å². The highest BCUT2D eigenvalue weighted by molar-refractivity contribution is 5.85. The number of benzene rings is 4. The standard InChI is InChI=1S/C46H52N2O8/c1-31(49)47-21-19-39-41-29-37(15-17-43(41)55-45(39)27-33-11-9-13-35(25-33)51-3)53-23-7-5-6-8-24-54-38-16-18-44-42(30-38)40(20-22-48-32(2)50)46(56-44)28-34-12-10-14-36(26-34)52-4/h9-18,25-26,29-30H,5-8,19-24,27-28H2,1-4H3,(H,47,49)(H,48,50). The molecule has 0 saturated heterocycles. The van der Waals surface area contributed by atoms with E-state index in [1.54, 1.807) is 14.2 Å². The summed E-state index contributed by atoms with van der Waals surface area (Å²) >= 11 is 0. The molecule has 4 aromatic carbocycles. The number of methoxy groups -OCH3 is 2. The Kier molecular flexibility index (Phi) is 13.9. The van der Waals surface area contributed by atoms with E-state index in [1.807, 2.05) is 60.7 Å². The van der Waals surface area contributed by atoms with E-state index in [0.29, 0.717) is 52.0 Å². The van der Waals surface area contributed by atoms with Crippen LogP contribution in [0.15, 0.2) is 93.8 Å². The van der Waals surface area contributed by atoms with Gasteiger partial charge in [0.15, 0.2) is 0 Å². The summed E-state index contributed by atoms with van der Waals surface area (Å²) in [5.74, 6) is 4.84. The van der Waals surface area contributed by atoms with Gasteiger partial charge in [0, 0.05) is 61.7 Å². The SMILES string of the molecule is COc1cccc(Cc2oc3ccc(OCCCCCCOc4ccc5oc(Cc6cccc(OC)c6)c(CCNC(C)=O)c5c4)cc3c2CCNC(C)=O)c1. The van der Waals surface area contributed by atoms with Crippen LogP contribution >= 0.6 is 0 Å². The lowest BCUT2D eigenvalue weighted by Crippen LogP contribution is -2.22. The third kappa shape index (κ3) is 10.9. The lowest BCUT2D eigenvalue weighted by Gasteiger charge is -2.09. The molecular formula is C46H52N2O8. The zero-order valence-electron chi connectivity index (χ0n) is 32.8. The van der Waals surface area contributed by atoms with Gasteiger partial charge < -0.3 is 38.4 Å². The minimum absolute atomic E-state index is 0.0564. The number of furan rings is 2. The fraction of sp³-hybridized carbons (Fsp3) is 0.348. The molecule has 0 saturated carbocycles. The van der Waals surface area contributed by atoms with Gasteiger partial charge >= 0.3 is 0 Å². The maximum Gasteiger partial charge on any atom is 0.216 e. The van der Waals surface area contributed by atoms with Gasteiger partial charge in [-0.25, -0.2) is 0 Å². The first kappa shape index (κ1) is 39.8. The Hall–Kier alpha value is -5.90. The minimum Gasteiger partial charge on any atom is -0.497 e. The first-order valence-corrected chi connectivity index (χ1v) is 19.4. The van der Waals surface area contributed by atoms with Crippen molar-refractivity contribution < 1.29 is 37.4 Å². The molecule has 10 nitrogen and oxygen atoms in total. The van der Waals surface area contributed by atoms with Crippen LogP contribution in [-0.2, 0) is 35.3 Å². The number of nitrogens with one attached hydrogen (secondary N) is 2. The second-order valence-electron chi connectivity index (χ2n) is 14.0. The van der Waals surface area contributed by atoms with Crippen LogP contribution in [0.3, 0.4) is 0 Å². The number of hydrogen-bond donors (Lipinski definition) is 2. The second-order valence-corrected chi connectivity index (χ2v) is 14.0. The molecule has 0 aliphatic rings. The molecule has 294 valence electrons. The summed E-state index contributed by atoms with van der Waals surface area (Å²) in [7, 11) is 3.33. The van der Waals surface area contributed by atoms with Gasteiger partial charge in [0.1, 0.15) is 45.7 Å². The number of rotatable bonds is 21. The Balaban J connectivity index is 1.00. The molecule has 0 aliphatic heterocycles. The van der Waals surface area contributed by atoms with Gasteiger partial charge in [-0.15, -0.1) is 0 Å². The van der Waals surface area contributed by atoms with Crippen LogP contribution in [0, 0.1) is 0 Å². The summed E-state index contributed by atoms with van der Waals surface area (Å²) in [6, 6.07) is 27.9. The molecule has 0 radical (unpaired) electrons. The second kappa shape index (κ2) is 19.6. The Bertz CT molecular complexity index is 2080. The fourth-order valence-electron chi connectivity index (χ4n) is 6.97. The molecule has 6 rings (SSSR count). The van der Waals surface area contributed by atoms with Crippen LogP contribution in [0.4, 0.5) is 0 Å². The summed E-state index contributed by atoms with van der Waals surface area (Å²) in [4.78, 5) is 23.2. The molecule has 0 aliphatic carbocycles. The molecule has 10 heteroatoms. The highest BCUT2D eigenvalue weighted by atomic mass is 16.5. The van der Waals surface area contributed by atoms with Crippen molar-refractivity contribution >= 4 is 33.8 Å². The quantitative estimate of drug-likeness (QED) is 0.0699. The first-order valence-electron chi connectivity index (χ1n) is 19.4. The molecule has 2 aromatic heterocycles. The molecule has 0 bridgehead atoms. The molecule has 2 N–H and O–H groups in total. The van der Waals surface area contributed by atoms with E-state index in [0.717, 1.165) is 104 Å². The summed E-state index contributed by atoms with van der Waals surface area (Å²) < 4.78 is 35.9. The Morgan fingerprint density at radius 1 is 0.554 bits per heavy atom. The highest BCUT2D eigenvalue weighted by Gasteiger charge is 2.18. The van der Waals surface area contributed by atoms with Crippen molar-refractivity contribution in [2.75, 3.05) is 40.5 Å². The van der Waals surface area contributed by atoms with Crippen LogP contribution in [-0.4, -0.2) is 52.3 Å². The minimum atomic E-state index is -0.0564. The van der Waals surface area contributed by atoms with E-state index in [-0.39, 0.29) is 11.8 Å². The van der Waals surface area contributed by atoms with Crippen molar-refractivity contribution in [2.45, 2.75) is 65.2 Å². The van der Waals surface area contributed by atoms with Crippen molar-refractivity contribution in [3.63, 3.8) is 0 Å². The zero-order chi connectivity index (χ0) is 39.3. The average Bonchev–Trinajstić information content (AvgIpc) is 3.71. The highest BCUT2D eigenvalue weighted by Crippen LogP contribution is 2.33. The Labute approximate surface area is 328 Å². The van der Waals surface area contributed by atoms with Gasteiger partial charge in [0.25, 0.3) is 0 Å².